The summed E-state index contributed by atoms with van der Waals surface area (Å²) in [6.07, 6.45) is 1.81. The fraction of sp³-hybridized carbons (Fsp3) is 0.450. The van der Waals surface area contributed by atoms with Gasteiger partial charge in [-0.05, 0) is 65.6 Å². The summed E-state index contributed by atoms with van der Waals surface area (Å²) in [6.45, 7) is 5.72. The Labute approximate surface area is 294 Å². The first-order chi connectivity index (χ1) is 24.4. The Balaban J connectivity index is 1.17. The molecule has 0 spiro atoms. The van der Waals surface area contributed by atoms with Crippen molar-refractivity contribution in [3.63, 3.8) is 0 Å². The summed E-state index contributed by atoms with van der Waals surface area (Å²) in [5, 5.41) is 28.8. The highest BCUT2D eigenvalue weighted by Gasteiger charge is 2.35. The first-order valence-electron chi connectivity index (χ1n) is 17.8. The number of rotatable bonds is 15. The minimum absolute atomic E-state index is 0.103. The van der Waals surface area contributed by atoms with Crippen LogP contribution in [0.25, 0.3) is 0 Å². The third kappa shape index (κ3) is 10.0. The van der Waals surface area contributed by atoms with Crippen LogP contribution in [0, 0.1) is 5.92 Å². The summed E-state index contributed by atoms with van der Waals surface area (Å²) in [6, 6.07) is 24.0. The van der Waals surface area contributed by atoms with Crippen molar-refractivity contribution >= 4 is 11.8 Å². The normalized spacial score (nSPS) is 21.7. The van der Waals surface area contributed by atoms with Gasteiger partial charge in [0.2, 0.25) is 11.8 Å². The molecule has 4 N–H and O–H groups in total. The van der Waals surface area contributed by atoms with E-state index in [4.69, 9.17) is 14.2 Å². The zero-order chi connectivity index (χ0) is 34.7. The summed E-state index contributed by atoms with van der Waals surface area (Å²) in [5.74, 6) is -0.442. The number of hydrogen-bond donors (Lipinski definition) is 4. The van der Waals surface area contributed by atoms with E-state index in [9.17, 15) is 19.8 Å². The van der Waals surface area contributed by atoms with Gasteiger partial charge in [0.1, 0.15) is 12.4 Å². The molecule has 2 amide bonds. The molecule has 3 aromatic carbocycles. The number of carbonyl (C=O) groups is 2. The SMILES string of the molecule is O=C(C=C1CCOC1)N[C@@H](Cc1ccccc1)[C@@H](O)C[C@@H](Cc1ccc(OCCN2CCOCC2)cc1)C(=O)N[C@H]1c2ccccc2C[C@H]1O. The van der Waals surface area contributed by atoms with Crippen LogP contribution in [0.1, 0.15) is 41.1 Å². The maximum atomic E-state index is 14.1. The summed E-state index contributed by atoms with van der Waals surface area (Å²) < 4.78 is 16.8. The second-order valence-electron chi connectivity index (χ2n) is 13.5. The number of hydrogen-bond acceptors (Lipinski definition) is 8. The van der Waals surface area contributed by atoms with E-state index in [1.165, 1.54) is 0 Å². The molecular formula is C40H49N3O7. The van der Waals surface area contributed by atoms with Crippen LogP contribution in [0.15, 0.2) is 90.5 Å². The fourth-order valence-corrected chi connectivity index (χ4v) is 7.04. The highest BCUT2D eigenvalue weighted by Crippen LogP contribution is 2.32. The van der Waals surface area contributed by atoms with Crippen LogP contribution in [0.4, 0.5) is 0 Å². The standard InChI is InChI=1S/C40H49N3O7/c44-36(35(23-28-6-2-1-3-7-28)41-38(46)24-30-14-18-49-27-30)26-32(40(47)42-39-34-9-5-4-8-31(34)25-37(39)45)22-29-10-12-33(13-11-29)50-21-17-43-15-19-48-20-16-43/h1-13,24,32,35-37,39,44-45H,14-23,25-27H2,(H,41,46)(H,42,47)/t32-,35+,36+,37-,39+/m1/s1. The number of nitrogens with one attached hydrogen (secondary N) is 2. The third-order valence-electron chi connectivity index (χ3n) is 9.86. The monoisotopic (exact) mass is 683 g/mol. The number of ether oxygens (including phenoxy) is 3. The number of amides is 2. The third-order valence-corrected chi connectivity index (χ3v) is 9.86. The van der Waals surface area contributed by atoms with Crippen molar-refractivity contribution in [2.45, 2.75) is 56.4 Å². The molecule has 2 fully saturated rings. The van der Waals surface area contributed by atoms with Crippen molar-refractivity contribution in [2.24, 2.45) is 5.92 Å². The van der Waals surface area contributed by atoms with Gasteiger partial charge in [-0.1, -0.05) is 66.7 Å². The molecule has 266 valence electrons. The Morgan fingerprint density at radius 3 is 2.42 bits per heavy atom. The number of benzene rings is 3. The number of morpholine rings is 1. The van der Waals surface area contributed by atoms with E-state index in [2.05, 4.69) is 15.5 Å². The average molecular weight is 684 g/mol. The van der Waals surface area contributed by atoms with Gasteiger partial charge in [0.25, 0.3) is 0 Å². The molecule has 10 nitrogen and oxygen atoms in total. The molecule has 1 aliphatic carbocycles. The van der Waals surface area contributed by atoms with E-state index in [0.717, 1.165) is 66.4 Å². The minimum Gasteiger partial charge on any atom is -0.492 e. The van der Waals surface area contributed by atoms with Crippen molar-refractivity contribution in [3.05, 3.63) is 113 Å². The van der Waals surface area contributed by atoms with Gasteiger partial charge in [-0.3, -0.25) is 14.5 Å². The lowest BCUT2D eigenvalue weighted by molar-refractivity contribution is -0.127. The van der Waals surface area contributed by atoms with Gasteiger partial charge in [0, 0.05) is 38.0 Å². The Kier molecular flexibility index (Phi) is 12.7. The van der Waals surface area contributed by atoms with Gasteiger partial charge < -0.3 is 35.1 Å². The van der Waals surface area contributed by atoms with E-state index >= 15 is 0 Å². The zero-order valence-electron chi connectivity index (χ0n) is 28.5. The van der Waals surface area contributed by atoms with E-state index in [1.807, 2.05) is 78.9 Å². The van der Waals surface area contributed by atoms with Crippen molar-refractivity contribution < 1.29 is 34.0 Å². The fourth-order valence-electron chi connectivity index (χ4n) is 7.04. The molecule has 2 saturated heterocycles. The highest BCUT2D eigenvalue weighted by atomic mass is 16.5. The number of carbonyl (C=O) groups excluding carboxylic acids is 2. The van der Waals surface area contributed by atoms with Gasteiger partial charge in [0.05, 0.1) is 50.7 Å². The van der Waals surface area contributed by atoms with Gasteiger partial charge in [0.15, 0.2) is 0 Å². The van der Waals surface area contributed by atoms with Crippen molar-refractivity contribution in [3.8, 4) is 5.75 Å². The van der Waals surface area contributed by atoms with Crippen LogP contribution < -0.4 is 15.4 Å². The Hall–Kier alpha value is -4.06. The largest absolute Gasteiger partial charge is 0.492 e. The van der Waals surface area contributed by atoms with Crippen molar-refractivity contribution in [1.82, 2.24) is 15.5 Å². The van der Waals surface area contributed by atoms with Crippen molar-refractivity contribution in [1.29, 1.82) is 0 Å². The van der Waals surface area contributed by atoms with E-state index in [0.29, 0.717) is 45.5 Å². The predicted octanol–water partition coefficient (Wildman–Crippen LogP) is 3.16. The Morgan fingerprint density at radius 2 is 1.66 bits per heavy atom. The first kappa shape index (κ1) is 35.8. The molecule has 0 bridgehead atoms. The molecular weight excluding hydrogens is 634 g/mol. The second kappa shape index (κ2) is 17.7. The van der Waals surface area contributed by atoms with Crippen LogP contribution in [0.3, 0.4) is 0 Å². The molecule has 0 unspecified atom stereocenters. The minimum atomic E-state index is -1.03. The van der Waals surface area contributed by atoms with Crippen molar-refractivity contribution in [2.75, 3.05) is 52.7 Å². The van der Waals surface area contributed by atoms with Crippen LogP contribution in [-0.2, 0) is 38.3 Å². The molecule has 10 heteroatoms. The number of aliphatic hydroxyl groups excluding tert-OH is 2. The smallest absolute Gasteiger partial charge is 0.244 e. The Bertz CT molecular complexity index is 1570. The molecule has 2 aliphatic heterocycles. The van der Waals surface area contributed by atoms with Crippen LogP contribution >= 0.6 is 0 Å². The molecule has 3 aliphatic rings. The van der Waals surface area contributed by atoms with Gasteiger partial charge in [-0.2, -0.15) is 0 Å². The lowest BCUT2D eigenvalue weighted by Crippen LogP contribution is -2.47. The average Bonchev–Trinajstić information content (AvgIpc) is 3.76. The number of fused-ring (bicyclic) bond motifs is 1. The summed E-state index contributed by atoms with van der Waals surface area (Å²) in [7, 11) is 0. The maximum absolute atomic E-state index is 14.1. The topological polar surface area (TPSA) is 130 Å². The molecule has 50 heavy (non-hydrogen) atoms. The molecule has 5 atom stereocenters. The van der Waals surface area contributed by atoms with Gasteiger partial charge in [-0.15, -0.1) is 0 Å². The highest BCUT2D eigenvalue weighted by molar-refractivity contribution is 5.88. The molecule has 2 heterocycles. The van der Waals surface area contributed by atoms with Crippen LogP contribution in [0.5, 0.6) is 5.75 Å². The molecule has 6 rings (SSSR count). The van der Waals surface area contributed by atoms with Gasteiger partial charge in [-0.25, -0.2) is 0 Å². The predicted molar refractivity (Wildman–Crippen MR) is 190 cm³/mol. The quantitative estimate of drug-likeness (QED) is 0.180. The van der Waals surface area contributed by atoms with Crippen LogP contribution in [-0.4, -0.2) is 97.8 Å². The lowest BCUT2D eigenvalue weighted by Gasteiger charge is -2.29. The summed E-state index contributed by atoms with van der Waals surface area (Å²) in [5.41, 5.74) is 4.71. The van der Waals surface area contributed by atoms with Gasteiger partial charge >= 0.3 is 0 Å². The maximum Gasteiger partial charge on any atom is 0.244 e. The molecule has 0 aromatic heterocycles. The molecule has 0 radical (unpaired) electrons. The van der Waals surface area contributed by atoms with E-state index in [1.54, 1.807) is 6.08 Å². The number of nitrogens with zero attached hydrogens (tertiary/aromatic N) is 1. The summed E-state index contributed by atoms with van der Waals surface area (Å²) in [4.78, 5) is 29.5. The van der Waals surface area contributed by atoms with E-state index < -0.39 is 30.2 Å². The van der Waals surface area contributed by atoms with Crippen LogP contribution in [0.2, 0.25) is 0 Å². The number of aliphatic hydroxyl groups is 2. The second-order valence-corrected chi connectivity index (χ2v) is 13.5. The first-order valence-corrected chi connectivity index (χ1v) is 17.8. The van der Waals surface area contributed by atoms with E-state index in [-0.39, 0.29) is 18.2 Å². The molecule has 3 aromatic rings. The Morgan fingerprint density at radius 1 is 0.920 bits per heavy atom. The zero-order valence-corrected chi connectivity index (χ0v) is 28.5. The lowest BCUT2D eigenvalue weighted by atomic mass is 9.88. The summed E-state index contributed by atoms with van der Waals surface area (Å²) >= 11 is 0. The molecule has 0 saturated carbocycles.